The number of imidazole rings is 1. The third kappa shape index (κ3) is 4.01. The van der Waals surface area contributed by atoms with Gasteiger partial charge < -0.3 is 10.1 Å². The molecule has 0 radical (unpaired) electrons. The van der Waals surface area contributed by atoms with Gasteiger partial charge >= 0.3 is 5.69 Å². The number of aryl methyl sites for hydroxylation is 2. The Hall–Kier alpha value is -2.73. The molecule has 1 aromatic heterocycles. The maximum atomic E-state index is 12.8. The van der Waals surface area contributed by atoms with E-state index < -0.39 is 0 Å². The lowest BCUT2D eigenvalue weighted by molar-refractivity contribution is -0.116. The lowest BCUT2D eigenvalue weighted by Gasteiger charge is -2.10. The van der Waals surface area contributed by atoms with E-state index in [9.17, 15) is 9.59 Å². The standard InChI is InChI=1S/C20H22ClN3O3/c1-3-11-23-16-6-4-5-7-17(16)24(20(23)26)12-10-19(25)22-15-13-14(21)8-9-18(15)27-2/h4-9,13H,3,10-12H2,1-2H3,(H,22,25). The second-order valence-electron chi connectivity index (χ2n) is 6.22. The number of nitrogens with zero attached hydrogens (tertiary/aromatic N) is 2. The predicted molar refractivity (Wildman–Crippen MR) is 108 cm³/mol. The fraction of sp³-hybridized carbons (Fsp3) is 0.300. The summed E-state index contributed by atoms with van der Waals surface area (Å²) < 4.78 is 8.65. The van der Waals surface area contributed by atoms with Gasteiger partial charge in [0.2, 0.25) is 5.91 Å². The van der Waals surface area contributed by atoms with Gasteiger partial charge in [-0.1, -0.05) is 30.7 Å². The number of rotatable bonds is 7. The summed E-state index contributed by atoms with van der Waals surface area (Å²) in [4.78, 5) is 25.2. The maximum absolute atomic E-state index is 12.8. The molecule has 0 fully saturated rings. The molecule has 3 aromatic rings. The molecular weight excluding hydrogens is 366 g/mol. The van der Waals surface area contributed by atoms with Gasteiger partial charge in [-0.15, -0.1) is 0 Å². The number of ether oxygens (including phenoxy) is 1. The first kappa shape index (κ1) is 19.0. The average molecular weight is 388 g/mol. The van der Waals surface area contributed by atoms with Crippen molar-refractivity contribution in [3.8, 4) is 5.75 Å². The quantitative estimate of drug-likeness (QED) is 0.668. The molecule has 3 rings (SSSR count). The molecule has 0 saturated carbocycles. The Morgan fingerprint density at radius 3 is 2.41 bits per heavy atom. The number of anilines is 1. The fourth-order valence-corrected chi connectivity index (χ4v) is 3.30. The zero-order valence-electron chi connectivity index (χ0n) is 15.4. The molecule has 1 amide bonds. The number of carbonyl (C=O) groups is 1. The number of para-hydroxylation sites is 2. The molecule has 2 aromatic carbocycles. The van der Waals surface area contributed by atoms with E-state index in [1.54, 1.807) is 27.3 Å². The largest absolute Gasteiger partial charge is 0.495 e. The summed E-state index contributed by atoms with van der Waals surface area (Å²) >= 11 is 5.99. The predicted octanol–water partition coefficient (Wildman–Crippen LogP) is 3.90. The molecule has 142 valence electrons. The van der Waals surface area contributed by atoms with Crippen LogP contribution in [0.3, 0.4) is 0 Å². The smallest absolute Gasteiger partial charge is 0.329 e. The zero-order valence-corrected chi connectivity index (χ0v) is 16.1. The molecule has 1 N–H and O–H groups in total. The van der Waals surface area contributed by atoms with Crippen molar-refractivity contribution in [3.63, 3.8) is 0 Å². The number of hydrogen-bond donors (Lipinski definition) is 1. The number of halogens is 1. The molecule has 7 heteroatoms. The molecule has 0 spiro atoms. The van der Waals surface area contributed by atoms with Gasteiger partial charge in [0.1, 0.15) is 5.75 Å². The summed E-state index contributed by atoms with van der Waals surface area (Å²) in [5.41, 5.74) is 2.15. The van der Waals surface area contributed by atoms with E-state index in [0.717, 1.165) is 17.5 Å². The van der Waals surface area contributed by atoms with Gasteiger partial charge in [-0.3, -0.25) is 13.9 Å². The van der Waals surface area contributed by atoms with Crippen molar-refractivity contribution in [3.05, 3.63) is 58.0 Å². The molecule has 27 heavy (non-hydrogen) atoms. The van der Waals surface area contributed by atoms with E-state index >= 15 is 0 Å². The molecule has 0 atom stereocenters. The van der Waals surface area contributed by atoms with E-state index in [1.165, 1.54) is 7.11 Å². The molecule has 1 heterocycles. The highest BCUT2D eigenvalue weighted by Crippen LogP contribution is 2.27. The normalized spacial score (nSPS) is 10.9. The van der Waals surface area contributed by atoms with Gasteiger partial charge in [0.25, 0.3) is 0 Å². The second kappa shape index (κ2) is 8.31. The number of methoxy groups -OCH3 is 1. The molecule has 0 aliphatic carbocycles. The highest BCUT2D eigenvalue weighted by atomic mass is 35.5. The number of nitrogens with one attached hydrogen (secondary N) is 1. The van der Waals surface area contributed by atoms with Gasteiger partial charge in [0.15, 0.2) is 0 Å². The third-order valence-corrected chi connectivity index (χ3v) is 4.61. The van der Waals surface area contributed by atoms with Crippen LogP contribution in [-0.2, 0) is 17.9 Å². The highest BCUT2D eigenvalue weighted by Gasteiger charge is 2.14. The fourth-order valence-electron chi connectivity index (χ4n) is 3.13. The molecule has 6 nitrogen and oxygen atoms in total. The van der Waals surface area contributed by atoms with Gasteiger partial charge in [-0.05, 0) is 36.8 Å². The van der Waals surface area contributed by atoms with Crippen LogP contribution in [-0.4, -0.2) is 22.2 Å². The van der Waals surface area contributed by atoms with Crippen LogP contribution >= 0.6 is 11.6 Å². The lowest BCUT2D eigenvalue weighted by Crippen LogP contribution is -2.26. The Bertz CT molecular complexity index is 1020. The Labute approximate surface area is 162 Å². The summed E-state index contributed by atoms with van der Waals surface area (Å²) in [6, 6.07) is 12.7. The van der Waals surface area contributed by atoms with E-state index in [4.69, 9.17) is 16.3 Å². The number of hydrogen-bond acceptors (Lipinski definition) is 3. The van der Waals surface area contributed by atoms with Crippen molar-refractivity contribution >= 4 is 34.2 Å². The van der Waals surface area contributed by atoms with Crippen molar-refractivity contribution in [1.29, 1.82) is 0 Å². The van der Waals surface area contributed by atoms with Crippen LogP contribution < -0.4 is 15.7 Å². The topological polar surface area (TPSA) is 65.3 Å². The molecule has 0 aliphatic heterocycles. The van der Waals surface area contributed by atoms with Crippen LogP contribution in [0.15, 0.2) is 47.3 Å². The Balaban J connectivity index is 1.79. The van der Waals surface area contributed by atoms with E-state index in [2.05, 4.69) is 5.32 Å². The molecule has 0 saturated heterocycles. The first-order valence-electron chi connectivity index (χ1n) is 8.86. The summed E-state index contributed by atoms with van der Waals surface area (Å²) in [5, 5.41) is 3.31. The first-order valence-corrected chi connectivity index (χ1v) is 9.24. The minimum Gasteiger partial charge on any atom is -0.495 e. The van der Waals surface area contributed by atoms with E-state index in [-0.39, 0.29) is 18.0 Å². The lowest BCUT2D eigenvalue weighted by atomic mass is 10.2. The number of carbonyl (C=O) groups excluding carboxylic acids is 1. The monoisotopic (exact) mass is 387 g/mol. The molecule has 0 aliphatic rings. The van der Waals surface area contributed by atoms with Crippen molar-refractivity contribution in [1.82, 2.24) is 9.13 Å². The van der Waals surface area contributed by atoms with Crippen LogP contribution in [0.5, 0.6) is 5.75 Å². The number of amides is 1. The summed E-state index contributed by atoms with van der Waals surface area (Å²) in [6.07, 6.45) is 1.03. The summed E-state index contributed by atoms with van der Waals surface area (Å²) in [6.45, 7) is 2.98. The summed E-state index contributed by atoms with van der Waals surface area (Å²) in [7, 11) is 1.53. The maximum Gasteiger partial charge on any atom is 0.329 e. The van der Waals surface area contributed by atoms with Crippen LogP contribution in [0.25, 0.3) is 11.0 Å². The van der Waals surface area contributed by atoms with Gasteiger partial charge in [0, 0.05) is 24.5 Å². The molecular formula is C20H22ClN3O3. The Kier molecular flexibility index (Phi) is 5.86. The van der Waals surface area contributed by atoms with Crippen LogP contribution in [0.1, 0.15) is 19.8 Å². The minimum absolute atomic E-state index is 0.0915. The highest BCUT2D eigenvalue weighted by molar-refractivity contribution is 6.31. The molecule has 0 bridgehead atoms. The number of fused-ring (bicyclic) bond motifs is 1. The van der Waals surface area contributed by atoms with Crippen molar-refractivity contribution in [2.24, 2.45) is 0 Å². The van der Waals surface area contributed by atoms with Gasteiger partial charge in [-0.25, -0.2) is 4.79 Å². The van der Waals surface area contributed by atoms with Crippen molar-refractivity contribution < 1.29 is 9.53 Å². The van der Waals surface area contributed by atoms with Gasteiger partial charge in [0.05, 0.1) is 23.8 Å². The van der Waals surface area contributed by atoms with Crippen molar-refractivity contribution in [2.45, 2.75) is 32.9 Å². The average Bonchev–Trinajstić information content (AvgIpc) is 2.92. The first-order chi connectivity index (χ1) is 13.0. The van der Waals surface area contributed by atoms with E-state index in [1.807, 2.05) is 31.2 Å². The Morgan fingerprint density at radius 1 is 1.11 bits per heavy atom. The van der Waals surface area contributed by atoms with Crippen LogP contribution in [0.2, 0.25) is 5.02 Å². The van der Waals surface area contributed by atoms with Crippen LogP contribution in [0.4, 0.5) is 5.69 Å². The SMILES string of the molecule is CCCn1c(=O)n(CCC(=O)Nc2cc(Cl)ccc2OC)c2ccccc21. The third-order valence-electron chi connectivity index (χ3n) is 4.37. The van der Waals surface area contributed by atoms with Crippen LogP contribution in [0, 0.1) is 0 Å². The van der Waals surface area contributed by atoms with Crippen molar-refractivity contribution in [2.75, 3.05) is 12.4 Å². The number of aromatic nitrogens is 2. The van der Waals surface area contributed by atoms with E-state index in [0.29, 0.717) is 29.5 Å². The second-order valence-corrected chi connectivity index (χ2v) is 6.65. The van der Waals surface area contributed by atoms with Gasteiger partial charge in [-0.2, -0.15) is 0 Å². The Morgan fingerprint density at radius 2 is 1.78 bits per heavy atom. The summed E-state index contributed by atoms with van der Waals surface area (Å²) in [5.74, 6) is 0.319. The molecule has 0 unspecified atom stereocenters. The number of benzene rings is 2. The minimum atomic E-state index is -0.213. The zero-order chi connectivity index (χ0) is 19.4.